The number of likely N-dealkylation sites (tertiary alicyclic amines) is 1. The molecule has 1 aliphatic carbocycles. The standard InChI is InChI=1S/C14H24N2O2S/c1-10-6-7-16(12-5-3-2-4-11(10)12)14(18)9-19-8-13(15)17/h10-12H,2-9H2,1H3,(H2,15,17). The van der Waals surface area contributed by atoms with Crippen molar-refractivity contribution in [3.05, 3.63) is 0 Å². The Morgan fingerprint density at radius 1 is 1.21 bits per heavy atom. The Hall–Kier alpha value is -0.710. The fourth-order valence-corrected chi connectivity index (χ4v) is 4.19. The predicted octanol–water partition coefficient (Wildman–Crippen LogP) is 1.63. The van der Waals surface area contributed by atoms with Crippen LogP contribution in [0, 0.1) is 11.8 Å². The maximum absolute atomic E-state index is 12.3. The summed E-state index contributed by atoms with van der Waals surface area (Å²) in [6.45, 7) is 3.21. The monoisotopic (exact) mass is 284 g/mol. The number of hydrogen-bond donors (Lipinski definition) is 1. The van der Waals surface area contributed by atoms with Crippen molar-refractivity contribution < 1.29 is 9.59 Å². The molecule has 5 heteroatoms. The van der Waals surface area contributed by atoms with Crippen molar-refractivity contribution in [1.29, 1.82) is 0 Å². The van der Waals surface area contributed by atoms with E-state index in [1.54, 1.807) is 0 Å². The average Bonchev–Trinajstić information content (AvgIpc) is 2.39. The first-order valence-electron chi connectivity index (χ1n) is 7.25. The van der Waals surface area contributed by atoms with Crippen molar-refractivity contribution in [2.75, 3.05) is 18.1 Å². The van der Waals surface area contributed by atoms with Gasteiger partial charge in [-0.2, -0.15) is 0 Å². The summed E-state index contributed by atoms with van der Waals surface area (Å²) in [7, 11) is 0. The molecule has 19 heavy (non-hydrogen) atoms. The molecule has 3 unspecified atom stereocenters. The van der Waals surface area contributed by atoms with Gasteiger partial charge >= 0.3 is 0 Å². The van der Waals surface area contributed by atoms with Crippen molar-refractivity contribution >= 4 is 23.6 Å². The number of carbonyl (C=O) groups excluding carboxylic acids is 2. The Morgan fingerprint density at radius 3 is 2.68 bits per heavy atom. The normalized spacial score (nSPS) is 30.8. The second-order valence-corrected chi connectivity index (χ2v) is 6.81. The van der Waals surface area contributed by atoms with Gasteiger partial charge < -0.3 is 10.6 Å². The molecule has 4 nitrogen and oxygen atoms in total. The summed E-state index contributed by atoms with van der Waals surface area (Å²) in [6, 6.07) is 0.444. The first-order chi connectivity index (χ1) is 9.09. The Balaban J connectivity index is 1.91. The summed E-state index contributed by atoms with van der Waals surface area (Å²) >= 11 is 1.34. The quantitative estimate of drug-likeness (QED) is 0.853. The highest BCUT2D eigenvalue weighted by molar-refractivity contribution is 8.00. The zero-order valence-electron chi connectivity index (χ0n) is 11.6. The van der Waals surface area contributed by atoms with Crippen LogP contribution in [-0.2, 0) is 9.59 Å². The summed E-state index contributed by atoms with van der Waals surface area (Å²) in [6.07, 6.45) is 6.09. The molecule has 0 spiro atoms. The molecule has 0 aromatic rings. The minimum atomic E-state index is -0.347. The number of hydrogen-bond acceptors (Lipinski definition) is 3. The maximum Gasteiger partial charge on any atom is 0.232 e. The third kappa shape index (κ3) is 3.65. The summed E-state index contributed by atoms with van der Waals surface area (Å²) < 4.78 is 0. The maximum atomic E-state index is 12.3. The van der Waals surface area contributed by atoms with Crippen LogP contribution in [0.5, 0.6) is 0 Å². The Labute approximate surface area is 119 Å². The van der Waals surface area contributed by atoms with Gasteiger partial charge in [-0.3, -0.25) is 9.59 Å². The van der Waals surface area contributed by atoms with Gasteiger partial charge in [0.05, 0.1) is 11.5 Å². The molecular formula is C14H24N2O2S. The highest BCUT2D eigenvalue weighted by Crippen LogP contribution is 2.38. The van der Waals surface area contributed by atoms with Gasteiger partial charge in [0.15, 0.2) is 0 Å². The van der Waals surface area contributed by atoms with E-state index in [1.807, 2.05) is 0 Å². The van der Waals surface area contributed by atoms with Crippen molar-refractivity contribution in [2.45, 2.75) is 45.1 Å². The minimum absolute atomic E-state index is 0.190. The molecule has 2 rings (SSSR count). The highest BCUT2D eigenvalue weighted by Gasteiger charge is 2.39. The predicted molar refractivity (Wildman–Crippen MR) is 77.8 cm³/mol. The first-order valence-corrected chi connectivity index (χ1v) is 8.40. The van der Waals surface area contributed by atoms with E-state index in [0.29, 0.717) is 17.7 Å². The van der Waals surface area contributed by atoms with E-state index in [-0.39, 0.29) is 17.6 Å². The number of nitrogens with zero attached hydrogens (tertiary/aromatic N) is 1. The van der Waals surface area contributed by atoms with E-state index in [1.165, 1.54) is 31.0 Å². The van der Waals surface area contributed by atoms with Gasteiger partial charge in [-0.1, -0.05) is 19.8 Å². The van der Waals surface area contributed by atoms with Gasteiger partial charge in [-0.15, -0.1) is 11.8 Å². The molecule has 1 heterocycles. The lowest BCUT2D eigenvalue weighted by Gasteiger charge is -2.47. The van der Waals surface area contributed by atoms with E-state index >= 15 is 0 Å². The molecule has 0 aromatic carbocycles. The number of rotatable bonds is 4. The van der Waals surface area contributed by atoms with Crippen LogP contribution < -0.4 is 5.73 Å². The van der Waals surface area contributed by atoms with Gasteiger partial charge in [0.2, 0.25) is 11.8 Å². The molecule has 2 aliphatic rings. The largest absolute Gasteiger partial charge is 0.369 e. The molecule has 108 valence electrons. The first kappa shape index (κ1) is 14.7. The average molecular weight is 284 g/mol. The van der Waals surface area contributed by atoms with Crippen LogP contribution in [0.25, 0.3) is 0 Å². The summed E-state index contributed by atoms with van der Waals surface area (Å²) in [4.78, 5) is 25.1. The number of primary amides is 1. The second-order valence-electron chi connectivity index (χ2n) is 5.83. The van der Waals surface area contributed by atoms with Crippen molar-refractivity contribution in [3.63, 3.8) is 0 Å². The number of fused-ring (bicyclic) bond motifs is 1. The molecule has 1 saturated heterocycles. The van der Waals surface area contributed by atoms with E-state index in [2.05, 4.69) is 11.8 Å². The summed E-state index contributed by atoms with van der Waals surface area (Å²) in [5.41, 5.74) is 5.10. The minimum Gasteiger partial charge on any atom is -0.369 e. The highest BCUT2D eigenvalue weighted by atomic mass is 32.2. The number of nitrogens with two attached hydrogens (primary N) is 1. The van der Waals surface area contributed by atoms with E-state index in [4.69, 9.17) is 5.73 Å². The SMILES string of the molecule is CC1CCN(C(=O)CSCC(N)=O)C2CCCCC12. The molecule has 0 bridgehead atoms. The third-order valence-electron chi connectivity index (χ3n) is 4.53. The molecule has 2 N–H and O–H groups in total. The fourth-order valence-electron chi connectivity index (χ4n) is 3.54. The molecule has 1 saturated carbocycles. The lowest BCUT2D eigenvalue weighted by molar-refractivity contribution is -0.136. The van der Waals surface area contributed by atoms with Gasteiger partial charge in [0.25, 0.3) is 0 Å². The smallest absolute Gasteiger partial charge is 0.232 e. The molecule has 2 fully saturated rings. The number of amides is 2. The van der Waals surface area contributed by atoms with E-state index in [9.17, 15) is 9.59 Å². The van der Waals surface area contributed by atoms with E-state index < -0.39 is 0 Å². The third-order valence-corrected chi connectivity index (χ3v) is 5.47. The lowest BCUT2D eigenvalue weighted by Crippen LogP contribution is -2.52. The molecule has 0 aromatic heterocycles. The zero-order chi connectivity index (χ0) is 13.8. The summed E-state index contributed by atoms with van der Waals surface area (Å²) in [5.74, 6) is 1.90. The van der Waals surface area contributed by atoms with Gasteiger partial charge in [-0.25, -0.2) is 0 Å². The van der Waals surface area contributed by atoms with Crippen LogP contribution in [0.15, 0.2) is 0 Å². The van der Waals surface area contributed by atoms with Crippen molar-refractivity contribution in [2.24, 2.45) is 17.6 Å². The van der Waals surface area contributed by atoms with Gasteiger partial charge in [0, 0.05) is 12.6 Å². The van der Waals surface area contributed by atoms with Crippen molar-refractivity contribution in [1.82, 2.24) is 4.90 Å². The zero-order valence-corrected chi connectivity index (χ0v) is 12.5. The van der Waals surface area contributed by atoms with Crippen LogP contribution in [0.1, 0.15) is 39.0 Å². The summed E-state index contributed by atoms with van der Waals surface area (Å²) in [5, 5.41) is 0. The topological polar surface area (TPSA) is 63.4 Å². The number of thioether (sulfide) groups is 1. The van der Waals surface area contributed by atoms with Crippen LogP contribution in [0.2, 0.25) is 0 Å². The molecular weight excluding hydrogens is 260 g/mol. The number of piperidine rings is 1. The number of carbonyl (C=O) groups is 2. The van der Waals surface area contributed by atoms with Crippen LogP contribution in [-0.4, -0.2) is 40.8 Å². The van der Waals surface area contributed by atoms with E-state index in [0.717, 1.165) is 25.3 Å². The lowest BCUT2D eigenvalue weighted by atomic mass is 9.72. The Bertz CT molecular complexity index is 348. The Morgan fingerprint density at radius 2 is 1.95 bits per heavy atom. The second kappa shape index (κ2) is 6.64. The van der Waals surface area contributed by atoms with Gasteiger partial charge in [-0.05, 0) is 31.1 Å². The molecule has 0 radical (unpaired) electrons. The fraction of sp³-hybridized carbons (Fsp3) is 0.857. The van der Waals surface area contributed by atoms with Gasteiger partial charge in [0.1, 0.15) is 0 Å². The van der Waals surface area contributed by atoms with Crippen LogP contribution >= 0.6 is 11.8 Å². The van der Waals surface area contributed by atoms with Crippen LogP contribution in [0.4, 0.5) is 0 Å². The van der Waals surface area contributed by atoms with Crippen LogP contribution in [0.3, 0.4) is 0 Å². The molecule has 3 atom stereocenters. The van der Waals surface area contributed by atoms with Crippen molar-refractivity contribution in [3.8, 4) is 0 Å². The Kier molecular flexibility index (Phi) is 5.13. The molecule has 2 amide bonds. The molecule has 1 aliphatic heterocycles.